The average molecular weight is 218 g/mol. The number of hydrogen-bond donors (Lipinski definition) is 1. The van der Waals surface area contributed by atoms with Crippen LogP contribution < -0.4 is 0 Å². The van der Waals surface area contributed by atoms with Crippen LogP contribution >= 0.6 is 0 Å². The maximum absolute atomic E-state index is 11.2. The molecule has 84 valence electrons. The molecule has 0 radical (unpaired) electrons. The van der Waals surface area contributed by atoms with Crippen LogP contribution in [0.1, 0.15) is 35.1 Å². The molecule has 0 saturated carbocycles. The molecule has 2 aromatic rings. The zero-order chi connectivity index (χ0) is 11.7. The highest BCUT2D eigenvalue weighted by Gasteiger charge is 2.18. The molecule has 0 aliphatic heterocycles. The van der Waals surface area contributed by atoms with Crippen molar-refractivity contribution in [2.45, 2.75) is 26.7 Å². The second-order valence-electron chi connectivity index (χ2n) is 3.85. The first-order chi connectivity index (χ1) is 7.65. The summed E-state index contributed by atoms with van der Waals surface area (Å²) in [7, 11) is 0. The second-order valence-corrected chi connectivity index (χ2v) is 3.85. The molecule has 16 heavy (non-hydrogen) atoms. The maximum atomic E-state index is 11.2. The average Bonchev–Trinajstić information content (AvgIpc) is 2.58. The van der Waals surface area contributed by atoms with Crippen LogP contribution in [0, 0.1) is 6.92 Å². The van der Waals surface area contributed by atoms with Gasteiger partial charge >= 0.3 is 5.97 Å². The van der Waals surface area contributed by atoms with Gasteiger partial charge in [-0.25, -0.2) is 9.78 Å². The van der Waals surface area contributed by atoms with Gasteiger partial charge < -0.3 is 5.11 Å². The van der Waals surface area contributed by atoms with Crippen LogP contribution in [0.2, 0.25) is 0 Å². The Kier molecular flexibility index (Phi) is 2.64. The summed E-state index contributed by atoms with van der Waals surface area (Å²) in [6.45, 7) is 3.95. The van der Waals surface area contributed by atoms with Crippen molar-refractivity contribution >= 4 is 11.6 Å². The standard InChI is InChI=1S/C12H14N2O2/c1-3-5-9-10(12(15)16)14-7-4-6-8(2)11(14)13-9/h4,6-7H,3,5H2,1-2H3,(H,15,16). The van der Waals surface area contributed by atoms with E-state index in [9.17, 15) is 9.90 Å². The first kappa shape index (κ1) is 10.7. The number of fused-ring (bicyclic) bond motifs is 1. The molecule has 1 N–H and O–H groups in total. The third-order valence-electron chi connectivity index (χ3n) is 2.61. The van der Waals surface area contributed by atoms with Gasteiger partial charge in [0.15, 0.2) is 5.69 Å². The van der Waals surface area contributed by atoms with Crippen LogP contribution in [0.25, 0.3) is 5.65 Å². The van der Waals surface area contributed by atoms with Crippen LogP contribution in [0.3, 0.4) is 0 Å². The van der Waals surface area contributed by atoms with E-state index in [1.165, 1.54) is 0 Å². The van der Waals surface area contributed by atoms with E-state index in [1.54, 1.807) is 10.6 Å². The van der Waals surface area contributed by atoms with Gasteiger partial charge in [-0.15, -0.1) is 0 Å². The molecular formula is C12H14N2O2. The molecule has 0 fully saturated rings. The van der Waals surface area contributed by atoms with Crippen molar-refractivity contribution in [3.05, 3.63) is 35.3 Å². The van der Waals surface area contributed by atoms with Crippen molar-refractivity contribution in [2.75, 3.05) is 0 Å². The molecule has 4 nitrogen and oxygen atoms in total. The summed E-state index contributed by atoms with van der Waals surface area (Å²) in [5.41, 5.74) is 2.69. The Hall–Kier alpha value is -1.84. The first-order valence-electron chi connectivity index (χ1n) is 5.35. The number of rotatable bonds is 3. The number of hydrogen-bond acceptors (Lipinski definition) is 2. The number of carboxylic acid groups (broad SMARTS) is 1. The van der Waals surface area contributed by atoms with Crippen molar-refractivity contribution in [3.63, 3.8) is 0 Å². The molecule has 0 spiro atoms. The van der Waals surface area contributed by atoms with Gasteiger partial charge in [-0.3, -0.25) is 4.40 Å². The van der Waals surface area contributed by atoms with Gasteiger partial charge in [0, 0.05) is 6.20 Å². The predicted molar refractivity (Wildman–Crippen MR) is 60.9 cm³/mol. The normalized spacial score (nSPS) is 10.9. The minimum absolute atomic E-state index is 0.292. The highest BCUT2D eigenvalue weighted by atomic mass is 16.4. The fourth-order valence-corrected chi connectivity index (χ4v) is 1.89. The minimum Gasteiger partial charge on any atom is -0.477 e. The Labute approximate surface area is 93.5 Å². The molecule has 0 aliphatic rings. The third kappa shape index (κ3) is 1.56. The summed E-state index contributed by atoms with van der Waals surface area (Å²) in [5, 5.41) is 9.21. The molecule has 2 rings (SSSR count). The summed E-state index contributed by atoms with van der Waals surface area (Å²) in [5.74, 6) is -0.915. The Balaban J connectivity index is 2.75. The summed E-state index contributed by atoms with van der Waals surface area (Å²) in [6.07, 6.45) is 3.34. The van der Waals surface area contributed by atoms with Gasteiger partial charge in [-0.1, -0.05) is 19.4 Å². The van der Waals surface area contributed by atoms with Crippen LogP contribution in [0.5, 0.6) is 0 Å². The number of aryl methyl sites for hydroxylation is 2. The fraction of sp³-hybridized carbons (Fsp3) is 0.333. The Morgan fingerprint density at radius 2 is 2.31 bits per heavy atom. The third-order valence-corrected chi connectivity index (χ3v) is 2.61. The van der Waals surface area contributed by atoms with E-state index in [4.69, 9.17) is 0 Å². The number of imidazole rings is 1. The monoisotopic (exact) mass is 218 g/mol. The first-order valence-corrected chi connectivity index (χ1v) is 5.35. The fourth-order valence-electron chi connectivity index (χ4n) is 1.89. The molecule has 0 saturated heterocycles. The van der Waals surface area contributed by atoms with Gasteiger partial charge in [0.1, 0.15) is 5.65 Å². The Morgan fingerprint density at radius 3 is 2.94 bits per heavy atom. The molecule has 0 amide bonds. The summed E-state index contributed by atoms with van der Waals surface area (Å²) >= 11 is 0. The lowest BCUT2D eigenvalue weighted by atomic mass is 10.2. The number of carbonyl (C=O) groups is 1. The number of pyridine rings is 1. The summed E-state index contributed by atoms with van der Waals surface area (Å²) < 4.78 is 1.66. The summed E-state index contributed by atoms with van der Waals surface area (Å²) in [4.78, 5) is 15.6. The van der Waals surface area contributed by atoms with Crippen LogP contribution in [0.15, 0.2) is 18.3 Å². The predicted octanol–water partition coefficient (Wildman–Crippen LogP) is 2.29. The Morgan fingerprint density at radius 1 is 1.56 bits per heavy atom. The van der Waals surface area contributed by atoms with Gasteiger partial charge in [-0.2, -0.15) is 0 Å². The topological polar surface area (TPSA) is 54.6 Å². The molecule has 0 aliphatic carbocycles. The molecule has 4 heteroatoms. The van der Waals surface area contributed by atoms with Gasteiger partial charge in [0.25, 0.3) is 0 Å². The van der Waals surface area contributed by atoms with Crippen molar-refractivity contribution in [1.29, 1.82) is 0 Å². The zero-order valence-corrected chi connectivity index (χ0v) is 9.40. The van der Waals surface area contributed by atoms with Gasteiger partial charge in [0.05, 0.1) is 5.69 Å². The van der Waals surface area contributed by atoms with Crippen molar-refractivity contribution in [1.82, 2.24) is 9.38 Å². The van der Waals surface area contributed by atoms with Crippen molar-refractivity contribution in [3.8, 4) is 0 Å². The lowest BCUT2D eigenvalue weighted by Gasteiger charge is -1.99. The van der Waals surface area contributed by atoms with Crippen LogP contribution in [-0.4, -0.2) is 20.5 Å². The van der Waals surface area contributed by atoms with Gasteiger partial charge in [-0.05, 0) is 25.0 Å². The molecule has 2 aromatic heterocycles. The zero-order valence-electron chi connectivity index (χ0n) is 9.40. The number of nitrogens with zero attached hydrogens (tertiary/aromatic N) is 2. The SMILES string of the molecule is CCCc1nc2c(C)cccn2c1C(=O)O. The van der Waals surface area contributed by atoms with Crippen molar-refractivity contribution < 1.29 is 9.90 Å². The van der Waals surface area contributed by atoms with E-state index >= 15 is 0 Å². The smallest absolute Gasteiger partial charge is 0.354 e. The highest BCUT2D eigenvalue weighted by Crippen LogP contribution is 2.17. The minimum atomic E-state index is -0.915. The quantitative estimate of drug-likeness (QED) is 0.859. The number of carboxylic acids is 1. The largest absolute Gasteiger partial charge is 0.477 e. The molecular weight excluding hydrogens is 204 g/mol. The van der Waals surface area contributed by atoms with E-state index < -0.39 is 5.97 Å². The van der Waals surface area contributed by atoms with Gasteiger partial charge in [0.2, 0.25) is 0 Å². The van der Waals surface area contributed by atoms with Crippen LogP contribution in [0.4, 0.5) is 0 Å². The molecule has 0 unspecified atom stereocenters. The molecule has 0 atom stereocenters. The van der Waals surface area contributed by atoms with E-state index in [-0.39, 0.29) is 0 Å². The van der Waals surface area contributed by atoms with E-state index in [0.717, 1.165) is 17.6 Å². The van der Waals surface area contributed by atoms with Crippen molar-refractivity contribution in [2.24, 2.45) is 0 Å². The number of aromatic carboxylic acids is 1. The lowest BCUT2D eigenvalue weighted by Crippen LogP contribution is -2.05. The molecule has 0 bridgehead atoms. The number of aromatic nitrogens is 2. The lowest BCUT2D eigenvalue weighted by molar-refractivity contribution is 0.0688. The molecule has 2 heterocycles. The van der Waals surface area contributed by atoms with E-state index in [1.807, 2.05) is 26.0 Å². The van der Waals surface area contributed by atoms with E-state index in [2.05, 4.69) is 4.98 Å². The molecule has 0 aromatic carbocycles. The van der Waals surface area contributed by atoms with E-state index in [0.29, 0.717) is 17.8 Å². The maximum Gasteiger partial charge on any atom is 0.354 e. The summed E-state index contributed by atoms with van der Waals surface area (Å²) in [6, 6.07) is 3.77. The Bertz CT molecular complexity index is 543. The highest BCUT2D eigenvalue weighted by molar-refractivity contribution is 5.88. The van der Waals surface area contributed by atoms with Crippen LogP contribution in [-0.2, 0) is 6.42 Å². The second kappa shape index (κ2) is 3.96.